The zero-order valence-corrected chi connectivity index (χ0v) is 25.8. The molecule has 5 aromatic heterocycles. The predicted octanol–water partition coefficient (Wildman–Crippen LogP) is 6.02. The quantitative estimate of drug-likeness (QED) is 0.128. The third-order valence-electron chi connectivity index (χ3n) is 8.18. The van der Waals surface area contributed by atoms with Gasteiger partial charge in [-0.3, -0.25) is 25.0 Å². The first kappa shape index (κ1) is 29.8. The topological polar surface area (TPSA) is 141 Å². The molecule has 4 N–H and O–H groups in total. The van der Waals surface area contributed by atoms with Gasteiger partial charge in [0.1, 0.15) is 30.1 Å². The van der Waals surface area contributed by atoms with Crippen molar-refractivity contribution in [3.63, 3.8) is 0 Å². The molecule has 6 aromatic rings. The Bertz CT molecular complexity index is 1980. The number of aliphatic hydroxyl groups is 1. The molecule has 0 radical (unpaired) electrons. The van der Waals surface area contributed by atoms with Crippen molar-refractivity contribution in [3.8, 4) is 39.7 Å². The number of rotatable bonds is 11. The summed E-state index contributed by atoms with van der Waals surface area (Å²) in [6, 6.07) is 8.56. The number of hydrogen-bond donors (Lipinski definition) is 4. The summed E-state index contributed by atoms with van der Waals surface area (Å²) in [5, 5.41) is 21.9. The van der Waals surface area contributed by atoms with Gasteiger partial charge < -0.3 is 20.1 Å². The van der Waals surface area contributed by atoms with Crippen molar-refractivity contribution in [1.82, 2.24) is 40.0 Å². The fraction of sp³-hybridized carbons (Fsp3) is 0.324. The van der Waals surface area contributed by atoms with Crippen molar-refractivity contribution in [1.29, 1.82) is 0 Å². The summed E-state index contributed by atoms with van der Waals surface area (Å²) < 4.78 is 20.7. The Morgan fingerprint density at radius 1 is 0.978 bits per heavy atom. The number of fused-ring (bicyclic) bond motifs is 2. The number of nitrogens with one attached hydrogen (secondary N) is 3. The monoisotopic (exact) mass is 621 g/mol. The average molecular weight is 622 g/mol. The second-order valence-electron chi connectivity index (χ2n) is 12.2. The fourth-order valence-electron chi connectivity index (χ4n) is 5.97. The SMILES string of the molecule is CC(C)CC(O)Nc1cncc(-c2cc3c(-c4nc5c(-c6cc(F)cc(OCCN7CCCC7)c6)cncc5[nH]4)n[nH]c3cn2)c1. The van der Waals surface area contributed by atoms with Crippen molar-refractivity contribution in [3.05, 3.63) is 67.1 Å². The Morgan fingerprint density at radius 2 is 1.83 bits per heavy atom. The van der Waals surface area contributed by atoms with Crippen molar-refractivity contribution in [2.24, 2.45) is 5.92 Å². The molecule has 0 amide bonds. The Labute approximate surface area is 265 Å². The van der Waals surface area contributed by atoms with E-state index in [2.05, 4.69) is 54.2 Å². The Hall–Kier alpha value is -4.94. The van der Waals surface area contributed by atoms with Gasteiger partial charge in [-0.15, -0.1) is 0 Å². The number of H-pyrrole nitrogens is 2. The van der Waals surface area contributed by atoms with Crippen LogP contribution in [0.15, 0.2) is 61.3 Å². The van der Waals surface area contributed by atoms with Crippen LogP contribution >= 0.6 is 0 Å². The number of ether oxygens (including phenoxy) is 1. The van der Waals surface area contributed by atoms with Crippen LogP contribution in [0.1, 0.15) is 33.1 Å². The molecule has 1 fully saturated rings. The van der Waals surface area contributed by atoms with Crippen LogP contribution in [-0.4, -0.2) is 77.6 Å². The van der Waals surface area contributed by atoms with Crippen LogP contribution in [0.5, 0.6) is 5.75 Å². The van der Waals surface area contributed by atoms with Crippen LogP contribution in [0.25, 0.3) is 55.8 Å². The van der Waals surface area contributed by atoms with E-state index < -0.39 is 6.23 Å². The number of anilines is 1. The van der Waals surface area contributed by atoms with Gasteiger partial charge in [0.05, 0.1) is 46.5 Å². The summed E-state index contributed by atoms with van der Waals surface area (Å²) >= 11 is 0. The highest BCUT2D eigenvalue weighted by atomic mass is 19.1. The molecule has 1 aliphatic heterocycles. The molecule has 12 heteroatoms. The molecule has 236 valence electrons. The van der Waals surface area contributed by atoms with Gasteiger partial charge in [0.2, 0.25) is 0 Å². The smallest absolute Gasteiger partial charge is 0.159 e. The number of aliphatic hydroxyl groups excluding tert-OH is 1. The van der Waals surface area contributed by atoms with E-state index in [0.29, 0.717) is 69.8 Å². The standard InChI is InChI=1S/C34H36FN9O2/c1-20(2)9-31(45)39-24-11-22(15-36-16-24)28-14-26-29(19-38-28)42-43-33(26)34-40-30-18-37-17-27(32(30)41-34)21-10-23(35)13-25(12-21)46-8-7-44-5-3-4-6-44/h10-20,31,39,45H,3-9H2,1-2H3,(H,40,41)(H,42,43). The first-order valence-electron chi connectivity index (χ1n) is 15.6. The molecule has 6 heterocycles. The lowest BCUT2D eigenvalue weighted by molar-refractivity contribution is 0.176. The molecule has 0 saturated carbocycles. The number of benzene rings is 1. The Morgan fingerprint density at radius 3 is 2.67 bits per heavy atom. The van der Waals surface area contributed by atoms with Crippen molar-refractivity contribution in [2.45, 2.75) is 39.3 Å². The van der Waals surface area contributed by atoms with E-state index in [9.17, 15) is 9.50 Å². The van der Waals surface area contributed by atoms with E-state index in [1.807, 2.05) is 18.2 Å². The second kappa shape index (κ2) is 12.8. The van der Waals surface area contributed by atoms with Crippen LogP contribution in [0.2, 0.25) is 0 Å². The number of aromatic nitrogens is 7. The van der Waals surface area contributed by atoms with Gasteiger partial charge in [-0.1, -0.05) is 13.8 Å². The van der Waals surface area contributed by atoms with Crippen molar-refractivity contribution >= 4 is 27.6 Å². The predicted molar refractivity (Wildman–Crippen MR) is 176 cm³/mol. The van der Waals surface area contributed by atoms with Crippen LogP contribution in [0.4, 0.5) is 10.1 Å². The molecule has 0 spiro atoms. The van der Waals surface area contributed by atoms with Gasteiger partial charge in [0.15, 0.2) is 5.82 Å². The molecule has 11 nitrogen and oxygen atoms in total. The number of halogens is 1. The van der Waals surface area contributed by atoms with E-state index in [0.717, 1.165) is 36.1 Å². The third-order valence-corrected chi connectivity index (χ3v) is 8.18. The normalized spacial score (nSPS) is 14.5. The summed E-state index contributed by atoms with van der Waals surface area (Å²) in [7, 11) is 0. The first-order chi connectivity index (χ1) is 22.4. The number of hydrogen-bond acceptors (Lipinski definition) is 9. The van der Waals surface area contributed by atoms with Gasteiger partial charge in [0, 0.05) is 41.5 Å². The van der Waals surface area contributed by atoms with E-state index >= 15 is 0 Å². The molecule has 46 heavy (non-hydrogen) atoms. The largest absolute Gasteiger partial charge is 0.492 e. The Kier molecular flexibility index (Phi) is 8.29. The highest BCUT2D eigenvalue weighted by molar-refractivity contribution is 5.97. The lowest BCUT2D eigenvalue weighted by Gasteiger charge is -2.16. The highest BCUT2D eigenvalue weighted by Gasteiger charge is 2.18. The van der Waals surface area contributed by atoms with E-state index in [1.165, 1.54) is 25.0 Å². The molecule has 7 rings (SSSR count). The summed E-state index contributed by atoms with van der Waals surface area (Å²) in [4.78, 5) is 24.0. The minimum absolute atomic E-state index is 0.349. The Balaban J connectivity index is 1.18. The molecule has 0 aliphatic carbocycles. The lowest BCUT2D eigenvalue weighted by atomic mass is 10.1. The summed E-state index contributed by atoms with van der Waals surface area (Å²) in [5.74, 6) is 0.977. The molecule has 1 saturated heterocycles. The van der Waals surface area contributed by atoms with Gasteiger partial charge in [-0.25, -0.2) is 9.37 Å². The van der Waals surface area contributed by atoms with Crippen molar-refractivity contribution < 1.29 is 14.2 Å². The summed E-state index contributed by atoms with van der Waals surface area (Å²) in [5.41, 5.74) is 6.19. The van der Waals surface area contributed by atoms with E-state index in [4.69, 9.17) is 9.72 Å². The number of imidazole rings is 1. The molecule has 0 bridgehead atoms. The third kappa shape index (κ3) is 6.40. The summed E-state index contributed by atoms with van der Waals surface area (Å²) in [6.45, 7) is 7.61. The van der Waals surface area contributed by atoms with Gasteiger partial charge >= 0.3 is 0 Å². The maximum Gasteiger partial charge on any atom is 0.159 e. The molecular weight excluding hydrogens is 585 g/mol. The zero-order valence-electron chi connectivity index (χ0n) is 25.8. The first-order valence-corrected chi connectivity index (χ1v) is 15.6. The maximum atomic E-state index is 14.8. The van der Waals surface area contributed by atoms with Crippen LogP contribution in [0.3, 0.4) is 0 Å². The van der Waals surface area contributed by atoms with Gasteiger partial charge in [0.25, 0.3) is 0 Å². The zero-order chi connectivity index (χ0) is 31.6. The van der Waals surface area contributed by atoms with Crippen molar-refractivity contribution in [2.75, 3.05) is 31.6 Å². The highest BCUT2D eigenvalue weighted by Crippen LogP contribution is 2.34. The number of pyridine rings is 3. The maximum absolute atomic E-state index is 14.8. The average Bonchev–Trinajstić information content (AvgIpc) is 3.80. The number of likely N-dealkylation sites (tertiary alicyclic amines) is 1. The minimum atomic E-state index is -0.674. The number of aromatic amines is 2. The molecule has 1 atom stereocenters. The van der Waals surface area contributed by atoms with Gasteiger partial charge in [-0.05, 0) is 68.1 Å². The van der Waals surface area contributed by atoms with Crippen LogP contribution in [0, 0.1) is 11.7 Å². The molecule has 1 aromatic carbocycles. The minimum Gasteiger partial charge on any atom is -0.492 e. The molecule has 1 aliphatic rings. The number of nitrogens with zero attached hydrogens (tertiary/aromatic N) is 6. The summed E-state index contributed by atoms with van der Waals surface area (Å²) in [6.07, 6.45) is 10.9. The van der Waals surface area contributed by atoms with E-state index in [-0.39, 0.29) is 5.82 Å². The fourth-order valence-corrected chi connectivity index (χ4v) is 5.97. The van der Waals surface area contributed by atoms with Gasteiger partial charge in [-0.2, -0.15) is 5.10 Å². The van der Waals surface area contributed by atoms with Crippen LogP contribution < -0.4 is 10.1 Å². The van der Waals surface area contributed by atoms with E-state index in [1.54, 1.807) is 31.0 Å². The molecular formula is C34H36FN9O2. The molecule has 1 unspecified atom stereocenters. The second-order valence-corrected chi connectivity index (χ2v) is 12.2. The van der Waals surface area contributed by atoms with Crippen LogP contribution in [-0.2, 0) is 0 Å². The lowest BCUT2D eigenvalue weighted by Crippen LogP contribution is -2.25.